The molecule has 2 rings (SSSR count). The van der Waals surface area contributed by atoms with Gasteiger partial charge >= 0.3 is 6.18 Å². The van der Waals surface area contributed by atoms with Crippen LogP contribution in [0.4, 0.5) is 13.2 Å². The first kappa shape index (κ1) is 16.8. The Labute approximate surface area is 126 Å². The SMILES string of the molecule is C[C@H](CNC(=O)Cn1ccc(C(F)(F)F)n1)N1CCOCC1. The third-order valence-corrected chi connectivity index (χ3v) is 3.50. The number of halogens is 3. The Morgan fingerprint density at radius 2 is 2.14 bits per heavy atom. The smallest absolute Gasteiger partial charge is 0.379 e. The summed E-state index contributed by atoms with van der Waals surface area (Å²) in [4.78, 5) is 14.0. The van der Waals surface area contributed by atoms with Crippen molar-refractivity contribution in [2.75, 3.05) is 32.8 Å². The second-order valence-electron chi connectivity index (χ2n) is 5.20. The summed E-state index contributed by atoms with van der Waals surface area (Å²) < 4.78 is 43.5. The summed E-state index contributed by atoms with van der Waals surface area (Å²) in [5.41, 5.74) is -0.998. The van der Waals surface area contributed by atoms with Gasteiger partial charge in [-0.05, 0) is 13.0 Å². The second-order valence-corrected chi connectivity index (χ2v) is 5.20. The molecule has 124 valence electrons. The van der Waals surface area contributed by atoms with E-state index in [2.05, 4.69) is 15.3 Å². The third-order valence-electron chi connectivity index (χ3n) is 3.50. The summed E-state index contributed by atoms with van der Waals surface area (Å²) in [6.07, 6.45) is -3.35. The molecule has 1 aliphatic heterocycles. The maximum absolute atomic E-state index is 12.4. The predicted molar refractivity (Wildman–Crippen MR) is 72.1 cm³/mol. The molecule has 0 aliphatic carbocycles. The van der Waals surface area contributed by atoms with Crippen LogP contribution in [0.3, 0.4) is 0 Å². The van der Waals surface area contributed by atoms with Crippen LogP contribution in [0.25, 0.3) is 0 Å². The lowest BCUT2D eigenvalue weighted by Crippen LogP contribution is -2.47. The van der Waals surface area contributed by atoms with Gasteiger partial charge in [0.15, 0.2) is 5.69 Å². The molecule has 0 spiro atoms. The number of ether oxygens (including phenoxy) is 1. The highest BCUT2D eigenvalue weighted by molar-refractivity contribution is 5.75. The van der Waals surface area contributed by atoms with Crippen molar-refractivity contribution in [1.29, 1.82) is 0 Å². The first-order valence-electron chi connectivity index (χ1n) is 7.05. The minimum absolute atomic E-state index is 0.149. The Hall–Kier alpha value is -1.61. The zero-order valence-corrected chi connectivity index (χ0v) is 12.3. The van der Waals surface area contributed by atoms with Gasteiger partial charge in [-0.1, -0.05) is 0 Å². The quantitative estimate of drug-likeness (QED) is 0.869. The molecule has 0 bridgehead atoms. The summed E-state index contributed by atoms with van der Waals surface area (Å²) in [5, 5.41) is 6.06. The van der Waals surface area contributed by atoms with Crippen LogP contribution in [0.2, 0.25) is 0 Å². The Balaban J connectivity index is 1.76. The number of carbonyl (C=O) groups is 1. The molecule has 1 aromatic heterocycles. The molecule has 1 saturated heterocycles. The minimum Gasteiger partial charge on any atom is -0.379 e. The number of amides is 1. The molecule has 0 radical (unpaired) electrons. The van der Waals surface area contributed by atoms with E-state index >= 15 is 0 Å². The zero-order valence-electron chi connectivity index (χ0n) is 12.3. The van der Waals surface area contributed by atoms with Gasteiger partial charge < -0.3 is 10.1 Å². The van der Waals surface area contributed by atoms with Gasteiger partial charge in [0.2, 0.25) is 5.91 Å². The fourth-order valence-electron chi connectivity index (χ4n) is 2.21. The largest absolute Gasteiger partial charge is 0.435 e. The molecule has 1 fully saturated rings. The van der Waals surface area contributed by atoms with E-state index in [0.29, 0.717) is 19.8 Å². The van der Waals surface area contributed by atoms with Gasteiger partial charge in [0.25, 0.3) is 0 Å². The van der Waals surface area contributed by atoms with Crippen molar-refractivity contribution < 1.29 is 22.7 Å². The number of morpholine rings is 1. The fraction of sp³-hybridized carbons (Fsp3) is 0.692. The van der Waals surface area contributed by atoms with E-state index in [-0.39, 0.29) is 18.5 Å². The first-order chi connectivity index (χ1) is 10.4. The standard InChI is InChI=1S/C13H19F3N4O2/c1-10(19-4-6-22-7-5-19)8-17-12(21)9-20-3-2-11(18-20)13(14,15)16/h2-3,10H,4-9H2,1H3,(H,17,21)/t10-/m1/s1. The number of carbonyl (C=O) groups excluding carboxylic acids is 1. The molecule has 1 N–H and O–H groups in total. The topological polar surface area (TPSA) is 59.4 Å². The average molecular weight is 320 g/mol. The predicted octanol–water partition coefficient (Wildman–Crippen LogP) is 0.739. The van der Waals surface area contributed by atoms with Crippen molar-refractivity contribution in [1.82, 2.24) is 20.0 Å². The van der Waals surface area contributed by atoms with Gasteiger partial charge in [-0.2, -0.15) is 18.3 Å². The highest BCUT2D eigenvalue weighted by atomic mass is 19.4. The molecule has 1 amide bonds. The molecule has 1 atom stereocenters. The molecular weight excluding hydrogens is 301 g/mol. The summed E-state index contributed by atoms with van der Waals surface area (Å²) in [7, 11) is 0. The lowest BCUT2D eigenvalue weighted by molar-refractivity contribution is -0.141. The van der Waals surface area contributed by atoms with Crippen LogP contribution >= 0.6 is 0 Å². The van der Waals surface area contributed by atoms with Crippen LogP contribution in [0.15, 0.2) is 12.3 Å². The van der Waals surface area contributed by atoms with Crippen LogP contribution < -0.4 is 5.32 Å². The number of hydrogen-bond donors (Lipinski definition) is 1. The molecule has 0 unspecified atom stereocenters. The Morgan fingerprint density at radius 1 is 1.45 bits per heavy atom. The molecule has 6 nitrogen and oxygen atoms in total. The Morgan fingerprint density at radius 3 is 2.73 bits per heavy atom. The van der Waals surface area contributed by atoms with Gasteiger partial charge in [0, 0.05) is 31.9 Å². The summed E-state index contributed by atoms with van der Waals surface area (Å²) in [6.45, 7) is 5.16. The van der Waals surface area contributed by atoms with Crippen molar-refractivity contribution >= 4 is 5.91 Å². The van der Waals surface area contributed by atoms with Crippen LogP contribution in [-0.4, -0.2) is 59.5 Å². The number of hydrogen-bond acceptors (Lipinski definition) is 4. The normalized spacial score (nSPS) is 18.2. The molecule has 22 heavy (non-hydrogen) atoms. The molecule has 9 heteroatoms. The fourth-order valence-corrected chi connectivity index (χ4v) is 2.21. The van der Waals surface area contributed by atoms with Crippen molar-refractivity contribution in [3.63, 3.8) is 0 Å². The zero-order chi connectivity index (χ0) is 16.2. The number of aromatic nitrogens is 2. The maximum atomic E-state index is 12.4. The molecule has 2 heterocycles. The molecule has 0 saturated carbocycles. The Kier molecular flexibility index (Phi) is 5.41. The van der Waals surface area contributed by atoms with E-state index in [1.54, 1.807) is 0 Å². The van der Waals surface area contributed by atoms with Crippen molar-refractivity contribution in [2.45, 2.75) is 25.7 Å². The van der Waals surface area contributed by atoms with Crippen molar-refractivity contribution in [3.05, 3.63) is 18.0 Å². The van der Waals surface area contributed by atoms with Crippen LogP contribution in [-0.2, 0) is 22.3 Å². The minimum atomic E-state index is -4.49. The van der Waals surface area contributed by atoms with Gasteiger partial charge in [0.05, 0.1) is 13.2 Å². The third kappa shape index (κ3) is 4.70. The summed E-state index contributed by atoms with van der Waals surface area (Å²) in [6, 6.07) is 1.00. The summed E-state index contributed by atoms with van der Waals surface area (Å²) >= 11 is 0. The maximum Gasteiger partial charge on any atom is 0.435 e. The number of nitrogens with zero attached hydrogens (tertiary/aromatic N) is 3. The van der Waals surface area contributed by atoms with E-state index < -0.39 is 11.9 Å². The highest BCUT2D eigenvalue weighted by Crippen LogP contribution is 2.27. The number of rotatable bonds is 5. The number of alkyl halides is 3. The van der Waals surface area contributed by atoms with Crippen molar-refractivity contribution in [3.8, 4) is 0 Å². The van der Waals surface area contributed by atoms with E-state index in [1.807, 2.05) is 6.92 Å². The first-order valence-corrected chi connectivity index (χ1v) is 7.05. The van der Waals surface area contributed by atoms with Gasteiger partial charge in [-0.25, -0.2) is 0 Å². The van der Waals surface area contributed by atoms with E-state index in [0.717, 1.165) is 30.0 Å². The molecule has 0 aromatic carbocycles. The monoisotopic (exact) mass is 320 g/mol. The highest BCUT2D eigenvalue weighted by Gasteiger charge is 2.33. The lowest BCUT2D eigenvalue weighted by Gasteiger charge is -2.32. The van der Waals surface area contributed by atoms with Crippen LogP contribution in [0.5, 0.6) is 0 Å². The van der Waals surface area contributed by atoms with Crippen LogP contribution in [0, 0.1) is 0 Å². The molecule has 1 aliphatic rings. The van der Waals surface area contributed by atoms with E-state index in [4.69, 9.17) is 4.74 Å². The van der Waals surface area contributed by atoms with Gasteiger partial charge in [-0.15, -0.1) is 0 Å². The molecule has 1 aromatic rings. The van der Waals surface area contributed by atoms with Gasteiger partial charge in [-0.3, -0.25) is 14.4 Å². The number of nitrogens with one attached hydrogen (secondary N) is 1. The van der Waals surface area contributed by atoms with Crippen molar-refractivity contribution in [2.24, 2.45) is 0 Å². The molecular formula is C13H19F3N4O2. The van der Waals surface area contributed by atoms with Gasteiger partial charge in [0.1, 0.15) is 6.54 Å². The summed E-state index contributed by atoms with van der Waals surface area (Å²) in [5.74, 6) is -0.364. The van der Waals surface area contributed by atoms with E-state index in [1.165, 1.54) is 0 Å². The Bertz CT molecular complexity index is 498. The lowest BCUT2D eigenvalue weighted by atomic mass is 10.2. The second kappa shape index (κ2) is 7.10. The van der Waals surface area contributed by atoms with Crippen LogP contribution in [0.1, 0.15) is 12.6 Å². The van der Waals surface area contributed by atoms with E-state index in [9.17, 15) is 18.0 Å². The average Bonchev–Trinajstić information content (AvgIpc) is 2.94.